The van der Waals surface area contributed by atoms with Gasteiger partial charge in [0.15, 0.2) is 0 Å². The number of hydrogen-bond donors (Lipinski definition) is 2. The van der Waals surface area contributed by atoms with Crippen LogP contribution in [0, 0.1) is 0 Å². The molecule has 57 heavy (non-hydrogen) atoms. The second kappa shape index (κ2) is 15.9. The zero-order valence-corrected chi connectivity index (χ0v) is 31.3. The van der Waals surface area contributed by atoms with E-state index in [1.165, 1.54) is 0 Å². The highest BCUT2D eigenvalue weighted by Gasteiger charge is 2.22. The second-order valence-corrected chi connectivity index (χ2v) is 14.8. The van der Waals surface area contributed by atoms with Crippen molar-refractivity contribution in [1.29, 1.82) is 0 Å². The van der Waals surface area contributed by atoms with Gasteiger partial charge in [-0.1, -0.05) is 24.3 Å². The molecule has 4 aliphatic heterocycles. The smallest absolute Gasteiger partial charge is 0.251 e. The van der Waals surface area contributed by atoms with Crippen LogP contribution in [-0.2, 0) is 44.1 Å². The fraction of sp³-hybridized carbons (Fsp3) is 0.250. The number of pyridine rings is 6. The van der Waals surface area contributed by atoms with Crippen LogP contribution in [0.2, 0.25) is 0 Å². The van der Waals surface area contributed by atoms with E-state index in [0.717, 1.165) is 51.8 Å². The lowest BCUT2D eigenvalue weighted by Crippen LogP contribution is -2.36. The predicted molar refractivity (Wildman–Crippen MR) is 212 cm³/mol. The lowest BCUT2D eigenvalue weighted by Gasteiger charge is -2.24. The number of aldehydes is 1. The number of carbonyl (C=O) groups is 3. The van der Waals surface area contributed by atoms with Crippen molar-refractivity contribution in [2.45, 2.75) is 64.6 Å². The van der Waals surface area contributed by atoms with Crippen molar-refractivity contribution < 1.29 is 14.4 Å². The first-order valence-electron chi connectivity index (χ1n) is 19.3. The second-order valence-electron chi connectivity index (χ2n) is 14.8. The van der Waals surface area contributed by atoms with Gasteiger partial charge in [-0.15, -0.1) is 0 Å². The molecule has 284 valence electrons. The molecule has 0 saturated heterocycles. The quantitative estimate of drug-likeness (QED) is 0.210. The molecule has 1 atom stereocenters. The third-order valence-electron chi connectivity index (χ3n) is 10.3. The van der Waals surface area contributed by atoms with Crippen LogP contribution in [0.1, 0.15) is 74.1 Å². The van der Waals surface area contributed by atoms with Crippen LogP contribution in [0.3, 0.4) is 0 Å². The molecule has 0 aromatic carbocycles. The summed E-state index contributed by atoms with van der Waals surface area (Å²) in [5, 5.41) is 5.98. The summed E-state index contributed by atoms with van der Waals surface area (Å²) < 4.78 is 0. The molecule has 4 aliphatic rings. The number of hydrogen-bond acceptors (Lipinski definition) is 11. The standard InChI is InChI=1S/C44H40N10O3/c55-27-34-7-1-2-16-45-43(56)28-17-35-25-53-21-30-8-3-12-37(46-30)39-14-5-10-32(48-39)23-54(24-33-11-6-15-40(49-33)38-13-4-9-31(22-53)47-38)26-36-18-29(44(57)52-34)20-42(51-36)41(19-28)50-35/h3-6,8-15,17-20,27,34H,1-2,7,16,21-26H2,(H,45,56)(H,52,57). The lowest BCUT2D eigenvalue weighted by atomic mass is 10.1. The van der Waals surface area contributed by atoms with Crippen molar-refractivity contribution in [3.8, 4) is 34.2 Å². The number of nitrogens with one attached hydrogen (secondary N) is 2. The Hall–Kier alpha value is -6.57. The Kier molecular flexibility index (Phi) is 10.1. The van der Waals surface area contributed by atoms with Crippen molar-refractivity contribution in [1.82, 2.24) is 50.3 Å². The average Bonchev–Trinajstić information content (AvgIpc) is 3.22. The van der Waals surface area contributed by atoms with Crippen LogP contribution >= 0.6 is 0 Å². The summed E-state index contributed by atoms with van der Waals surface area (Å²) in [6, 6.07) is 30.2. The monoisotopic (exact) mass is 756 g/mol. The molecule has 6 aromatic rings. The molecule has 2 amide bonds. The van der Waals surface area contributed by atoms with Crippen LogP contribution in [0.15, 0.2) is 97.1 Å². The van der Waals surface area contributed by atoms with E-state index in [4.69, 9.17) is 29.9 Å². The maximum Gasteiger partial charge on any atom is 0.251 e. The number of amides is 2. The first-order chi connectivity index (χ1) is 27.9. The van der Waals surface area contributed by atoms with Crippen LogP contribution in [0.25, 0.3) is 34.2 Å². The summed E-state index contributed by atoms with van der Waals surface area (Å²) in [5.41, 5.74) is 9.26. The van der Waals surface area contributed by atoms with Crippen LogP contribution < -0.4 is 10.6 Å². The lowest BCUT2D eigenvalue weighted by molar-refractivity contribution is -0.109. The molecule has 2 N–H and O–H groups in total. The molecule has 10 rings (SSSR count). The van der Waals surface area contributed by atoms with Gasteiger partial charge in [-0.3, -0.25) is 19.4 Å². The Balaban J connectivity index is 1.28. The SMILES string of the molecule is O=CC1CCCCNC(=O)c2cc3nc(c2)-c2cc(cc(n2)CN2Cc4cccc(n4)-c4cccc(n4)CN(Cc4cccc(n4)-c4cccc(n4)C2)C3)C(=O)N1. The number of carbonyl (C=O) groups excluding carboxylic acids is 3. The van der Waals surface area contributed by atoms with E-state index in [1.54, 1.807) is 18.2 Å². The molecule has 0 radical (unpaired) electrons. The minimum absolute atomic E-state index is 0.236. The zero-order valence-electron chi connectivity index (χ0n) is 31.3. The van der Waals surface area contributed by atoms with Gasteiger partial charge >= 0.3 is 0 Å². The number of nitrogens with zero attached hydrogens (tertiary/aromatic N) is 8. The molecule has 0 saturated carbocycles. The minimum Gasteiger partial charge on any atom is -0.352 e. The molecule has 0 spiro atoms. The largest absolute Gasteiger partial charge is 0.352 e. The van der Waals surface area contributed by atoms with E-state index in [2.05, 4.69) is 20.4 Å². The Morgan fingerprint density at radius 1 is 0.491 bits per heavy atom. The van der Waals surface area contributed by atoms with Crippen LogP contribution in [-0.4, -0.2) is 70.4 Å². The summed E-state index contributed by atoms with van der Waals surface area (Å²) in [5.74, 6) is -0.620. The van der Waals surface area contributed by atoms with E-state index >= 15 is 0 Å². The molecule has 13 nitrogen and oxygen atoms in total. The summed E-state index contributed by atoms with van der Waals surface area (Å²) in [4.78, 5) is 74.8. The highest BCUT2D eigenvalue weighted by Crippen LogP contribution is 2.26. The van der Waals surface area contributed by atoms with Gasteiger partial charge in [-0.2, -0.15) is 0 Å². The van der Waals surface area contributed by atoms with Gasteiger partial charge in [0.2, 0.25) is 0 Å². The van der Waals surface area contributed by atoms with Gasteiger partial charge in [-0.25, -0.2) is 29.9 Å². The topological polar surface area (TPSA) is 159 Å². The summed E-state index contributed by atoms with van der Waals surface area (Å²) >= 11 is 0. The predicted octanol–water partition coefficient (Wildman–Crippen LogP) is 5.30. The zero-order chi connectivity index (χ0) is 38.7. The van der Waals surface area contributed by atoms with Crippen molar-refractivity contribution in [3.05, 3.63) is 142 Å². The molecular weight excluding hydrogens is 717 g/mol. The fourth-order valence-electron chi connectivity index (χ4n) is 7.63. The van der Waals surface area contributed by atoms with Gasteiger partial charge in [0.25, 0.3) is 11.8 Å². The highest BCUT2D eigenvalue weighted by molar-refractivity contribution is 5.97. The van der Waals surface area contributed by atoms with E-state index in [0.29, 0.717) is 99.0 Å². The maximum absolute atomic E-state index is 13.9. The van der Waals surface area contributed by atoms with Gasteiger partial charge < -0.3 is 15.4 Å². The van der Waals surface area contributed by atoms with Gasteiger partial charge in [0.1, 0.15) is 6.29 Å². The fourth-order valence-corrected chi connectivity index (χ4v) is 7.63. The van der Waals surface area contributed by atoms with Crippen molar-refractivity contribution in [2.75, 3.05) is 6.54 Å². The first-order valence-corrected chi connectivity index (χ1v) is 19.3. The molecule has 10 heterocycles. The van der Waals surface area contributed by atoms with Gasteiger partial charge in [0.05, 0.1) is 74.4 Å². The van der Waals surface area contributed by atoms with E-state index < -0.39 is 6.04 Å². The third kappa shape index (κ3) is 8.35. The Morgan fingerprint density at radius 3 is 1.33 bits per heavy atom. The minimum atomic E-state index is -0.677. The first kappa shape index (κ1) is 36.1. The normalized spacial score (nSPS) is 19.5. The van der Waals surface area contributed by atoms with Crippen molar-refractivity contribution >= 4 is 18.1 Å². The molecule has 0 aliphatic carbocycles. The third-order valence-corrected chi connectivity index (χ3v) is 10.3. The molecule has 0 fully saturated rings. The van der Waals surface area contributed by atoms with Gasteiger partial charge in [0, 0.05) is 56.9 Å². The van der Waals surface area contributed by atoms with Gasteiger partial charge in [-0.05, 0) is 92.1 Å². The number of rotatable bonds is 1. The summed E-state index contributed by atoms with van der Waals surface area (Å²) in [6.07, 6.45) is 2.51. The molecular formula is C44H40N10O3. The summed E-state index contributed by atoms with van der Waals surface area (Å²) in [7, 11) is 0. The van der Waals surface area contributed by atoms with Crippen molar-refractivity contribution in [2.24, 2.45) is 0 Å². The van der Waals surface area contributed by atoms with Crippen LogP contribution in [0.5, 0.6) is 0 Å². The molecule has 6 aromatic heterocycles. The van der Waals surface area contributed by atoms with E-state index in [1.807, 2.05) is 78.9 Å². The Bertz CT molecular complexity index is 2410. The van der Waals surface area contributed by atoms with Crippen LogP contribution in [0.4, 0.5) is 0 Å². The molecule has 1 unspecified atom stereocenters. The molecule has 13 heteroatoms. The Morgan fingerprint density at radius 2 is 0.895 bits per heavy atom. The van der Waals surface area contributed by atoms with Crippen molar-refractivity contribution in [3.63, 3.8) is 0 Å². The average molecular weight is 757 g/mol. The summed E-state index contributed by atoms with van der Waals surface area (Å²) in [6.45, 7) is 2.83. The molecule has 16 bridgehead atoms. The Labute approximate surface area is 329 Å². The number of aromatic nitrogens is 6. The highest BCUT2D eigenvalue weighted by atomic mass is 16.2. The van der Waals surface area contributed by atoms with E-state index in [-0.39, 0.29) is 11.8 Å². The maximum atomic E-state index is 13.9. The van der Waals surface area contributed by atoms with E-state index in [9.17, 15) is 14.4 Å². The number of fused-ring (bicyclic) bond motifs is 2.